The topological polar surface area (TPSA) is 46.1 Å². The fourth-order valence-corrected chi connectivity index (χ4v) is 3.60. The molecule has 4 heteroatoms. The first-order chi connectivity index (χ1) is 14.0. The predicted molar refractivity (Wildman–Crippen MR) is 117 cm³/mol. The van der Waals surface area contributed by atoms with Gasteiger partial charge in [-0.3, -0.25) is 9.78 Å². The Labute approximate surface area is 170 Å². The van der Waals surface area contributed by atoms with E-state index in [0.29, 0.717) is 12.1 Å². The number of aryl methyl sites for hydroxylation is 2. The Kier molecular flexibility index (Phi) is 5.09. The van der Waals surface area contributed by atoms with Crippen LogP contribution in [0.15, 0.2) is 72.9 Å². The van der Waals surface area contributed by atoms with Crippen molar-refractivity contribution >= 4 is 16.8 Å². The molecule has 144 valence electrons. The second kappa shape index (κ2) is 7.84. The molecule has 0 aliphatic heterocycles. The summed E-state index contributed by atoms with van der Waals surface area (Å²) in [6.07, 6.45) is 1.74. The lowest BCUT2D eigenvalue weighted by Crippen LogP contribution is -2.27. The zero-order valence-corrected chi connectivity index (χ0v) is 16.9. The van der Waals surface area contributed by atoms with E-state index in [-0.39, 0.29) is 5.91 Å². The molecule has 0 N–H and O–H groups in total. The lowest BCUT2D eigenvalue weighted by molar-refractivity contribution is 0.0785. The van der Waals surface area contributed by atoms with Crippen LogP contribution in [0.3, 0.4) is 0 Å². The van der Waals surface area contributed by atoms with Gasteiger partial charge in [0.1, 0.15) is 0 Å². The molecule has 1 amide bonds. The number of hydrogen-bond donors (Lipinski definition) is 0. The molecule has 0 bridgehead atoms. The van der Waals surface area contributed by atoms with Crippen molar-refractivity contribution in [1.82, 2.24) is 14.9 Å². The van der Waals surface area contributed by atoms with Gasteiger partial charge < -0.3 is 4.90 Å². The number of carbonyl (C=O) groups is 1. The van der Waals surface area contributed by atoms with Gasteiger partial charge in [0.05, 0.1) is 29.0 Å². The third-order valence-corrected chi connectivity index (χ3v) is 5.08. The Bertz CT molecular complexity index is 1190. The largest absolute Gasteiger partial charge is 0.336 e. The van der Waals surface area contributed by atoms with Crippen molar-refractivity contribution in [1.29, 1.82) is 0 Å². The third-order valence-electron chi connectivity index (χ3n) is 5.08. The van der Waals surface area contributed by atoms with Crippen LogP contribution in [0.25, 0.3) is 22.2 Å². The number of para-hydroxylation sites is 1. The molecule has 0 saturated heterocycles. The minimum atomic E-state index is -0.0414. The van der Waals surface area contributed by atoms with Crippen molar-refractivity contribution in [3.63, 3.8) is 0 Å². The van der Waals surface area contributed by atoms with Gasteiger partial charge in [0, 0.05) is 24.2 Å². The monoisotopic (exact) mass is 381 g/mol. The number of amides is 1. The molecule has 0 atom stereocenters. The maximum absolute atomic E-state index is 13.4. The summed E-state index contributed by atoms with van der Waals surface area (Å²) in [5.41, 5.74) is 6.55. The molecule has 0 aliphatic carbocycles. The Morgan fingerprint density at radius 2 is 1.76 bits per heavy atom. The molecule has 0 saturated carbocycles. The van der Waals surface area contributed by atoms with Crippen molar-refractivity contribution in [2.45, 2.75) is 20.4 Å². The number of fused-ring (bicyclic) bond motifs is 1. The SMILES string of the molecule is Cc1ccc(-c2cc(C(=O)N(C)Cc3ccccn3)c3ccccc3n2)c(C)c1. The van der Waals surface area contributed by atoms with E-state index in [2.05, 4.69) is 37.0 Å². The highest BCUT2D eigenvalue weighted by Gasteiger charge is 2.18. The lowest BCUT2D eigenvalue weighted by atomic mass is 9.99. The predicted octanol–water partition coefficient (Wildman–Crippen LogP) is 5.19. The molecular formula is C25H23N3O. The molecule has 4 rings (SSSR count). The number of rotatable bonds is 4. The summed E-state index contributed by atoms with van der Waals surface area (Å²) < 4.78 is 0. The van der Waals surface area contributed by atoms with Gasteiger partial charge in [-0.1, -0.05) is 48.0 Å². The van der Waals surface area contributed by atoms with Crippen molar-refractivity contribution in [3.05, 3.63) is 95.3 Å². The number of benzene rings is 2. The van der Waals surface area contributed by atoms with Crippen LogP contribution in [-0.2, 0) is 6.54 Å². The first-order valence-electron chi connectivity index (χ1n) is 9.66. The van der Waals surface area contributed by atoms with E-state index >= 15 is 0 Å². The number of carbonyl (C=O) groups excluding carboxylic acids is 1. The van der Waals surface area contributed by atoms with Gasteiger partial charge >= 0.3 is 0 Å². The summed E-state index contributed by atoms with van der Waals surface area (Å²) in [7, 11) is 1.81. The van der Waals surface area contributed by atoms with E-state index in [1.54, 1.807) is 11.1 Å². The van der Waals surface area contributed by atoms with Crippen molar-refractivity contribution in [2.75, 3.05) is 7.05 Å². The van der Waals surface area contributed by atoms with E-state index in [1.807, 2.05) is 55.6 Å². The van der Waals surface area contributed by atoms with Crippen molar-refractivity contribution in [3.8, 4) is 11.3 Å². The molecule has 4 aromatic rings. The van der Waals surface area contributed by atoms with Crippen LogP contribution in [0, 0.1) is 13.8 Å². The van der Waals surface area contributed by atoms with Gasteiger partial charge in [-0.05, 0) is 43.7 Å². The summed E-state index contributed by atoms with van der Waals surface area (Å²) >= 11 is 0. The minimum absolute atomic E-state index is 0.0414. The highest BCUT2D eigenvalue weighted by Crippen LogP contribution is 2.28. The molecule has 4 nitrogen and oxygen atoms in total. The van der Waals surface area contributed by atoms with Crippen LogP contribution in [-0.4, -0.2) is 27.8 Å². The zero-order chi connectivity index (χ0) is 20.4. The summed E-state index contributed by atoms with van der Waals surface area (Å²) in [6, 6.07) is 21.7. The average molecular weight is 381 g/mol. The smallest absolute Gasteiger partial charge is 0.254 e. The molecule has 0 unspecified atom stereocenters. The lowest BCUT2D eigenvalue weighted by Gasteiger charge is -2.19. The Hall–Kier alpha value is -3.53. The summed E-state index contributed by atoms with van der Waals surface area (Å²) in [4.78, 5) is 24.2. The van der Waals surface area contributed by atoms with Crippen LogP contribution in [0.1, 0.15) is 27.2 Å². The number of pyridine rings is 2. The van der Waals surface area contributed by atoms with Crippen LogP contribution in [0.4, 0.5) is 0 Å². The first kappa shape index (κ1) is 18.8. The number of nitrogens with zero attached hydrogens (tertiary/aromatic N) is 3. The van der Waals surface area contributed by atoms with Crippen molar-refractivity contribution < 1.29 is 4.79 Å². The molecule has 2 heterocycles. The minimum Gasteiger partial charge on any atom is -0.336 e. The molecule has 0 spiro atoms. The molecular weight excluding hydrogens is 358 g/mol. The Balaban J connectivity index is 1.79. The van der Waals surface area contributed by atoms with E-state index in [1.165, 1.54) is 5.56 Å². The molecule has 2 aromatic heterocycles. The molecule has 2 aromatic carbocycles. The zero-order valence-electron chi connectivity index (χ0n) is 16.9. The van der Waals surface area contributed by atoms with Crippen LogP contribution >= 0.6 is 0 Å². The first-order valence-corrected chi connectivity index (χ1v) is 9.66. The summed E-state index contributed by atoms with van der Waals surface area (Å²) in [5.74, 6) is -0.0414. The molecule has 0 fully saturated rings. The highest BCUT2D eigenvalue weighted by atomic mass is 16.2. The molecule has 0 radical (unpaired) electrons. The van der Waals surface area contributed by atoms with E-state index in [0.717, 1.165) is 33.4 Å². The normalized spacial score (nSPS) is 10.9. The fraction of sp³-hybridized carbons (Fsp3) is 0.160. The number of hydrogen-bond acceptors (Lipinski definition) is 3. The molecule has 0 aliphatic rings. The fourth-order valence-electron chi connectivity index (χ4n) is 3.60. The van der Waals surface area contributed by atoms with Crippen molar-refractivity contribution in [2.24, 2.45) is 0 Å². The van der Waals surface area contributed by atoms with E-state index in [4.69, 9.17) is 4.98 Å². The van der Waals surface area contributed by atoms with E-state index in [9.17, 15) is 4.79 Å². The summed E-state index contributed by atoms with van der Waals surface area (Å²) in [6.45, 7) is 4.61. The Morgan fingerprint density at radius 3 is 2.52 bits per heavy atom. The standard InChI is InChI=1S/C25H23N3O/c1-17-11-12-20(18(2)14-17)24-15-22(21-9-4-5-10-23(21)27-24)25(29)28(3)16-19-8-6-7-13-26-19/h4-15H,16H2,1-3H3. The second-order valence-corrected chi connectivity index (χ2v) is 7.37. The van der Waals surface area contributed by atoms with Crippen LogP contribution in [0.2, 0.25) is 0 Å². The quantitative estimate of drug-likeness (QED) is 0.489. The Morgan fingerprint density at radius 1 is 0.966 bits per heavy atom. The molecule has 29 heavy (non-hydrogen) atoms. The van der Waals surface area contributed by atoms with Crippen LogP contribution < -0.4 is 0 Å². The number of aromatic nitrogens is 2. The summed E-state index contributed by atoms with van der Waals surface area (Å²) in [5, 5.41) is 0.860. The third kappa shape index (κ3) is 3.87. The van der Waals surface area contributed by atoms with Gasteiger partial charge in [0.25, 0.3) is 5.91 Å². The van der Waals surface area contributed by atoms with Crippen LogP contribution in [0.5, 0.6) is 0 Å². The highest BCUT2D eigenvalue weighted by molar-refractivity contribution is 6.07. The average Bonchev–Trinajstić information content (AvgIpc) is 2.73. The maximum Gasteiger partial charge on any atom is 0.254 e. The van der Waals surface area contributed by atoms with Gasteiger partial charge in [-0.15, -0.1) is 0 Å². The van der Waals surface area contributed by atoms with Gasteiger partial charge in [0.2, 0.25) is 0 Å². The van der Waals surface area contributed by atoms with Gasteiger partial charge in [-0.2, -0.15) is 0 Å². The maximum atomic E-state index is 13.4. The van der Waals surface area contributed by atoms with Gasteiger partial charge in [-0.25, -0.2) is 4.98 Å². The second-order valence-electron chi connectivity index (χ2n) is 7.37. The van der Waals surface area contributed by atoms with E-state index < -0.39 is 0 Å². The van der Waals surface area contributed by atoms with Gasteiger partial charge in [0.15, 0.2) is 0 Å².